The van der Waals surface area contributed by atoms with Crippen LogP contribution in [0.1, 0.15) is 23.3 Å². The van der Waals surface area contributed by atoms with Crippen LogP contribution in [-0.2, 0) is 10.0 Å². The van der Waals surface area contributed by atoms with E-state index in [1.807, 2.05) is 13.8 Å². The topological polar surface area (TPSA) is 57.6 Å². The van der Waals surface area contributed by atoms with Crippen molar-refractivity contribution < 1.29 is 13.5 Å². The highest BCUT2D eigenvalue weighted by Gasteiger charge is 2.55. The molecule has 0 amide bonds. The molecule has 0 spiro atoms. The lowest BCUT2D eigenvalue weighted by Gasteiger charge is -2.45. The minimum atomic E-state index is -3.39. The van der Waals surface area contributed by atoms with E-state index >= 15 is 0 Å². The zero-order valence-electron chi connectivity index (χ0n) is 10.5. The molecule has 6 heteroatoms. The van der Waals surface area contributed by atoms with Crippen LogP contribution in [0.25, 0.3) is 0 Å². The third-order valence-corrected chi connectivity index (χ3v) is 7.37. The molecule has 2 heterocycles. The fourth-order valence-corrected chi connectivity index (χ4v) is 5.64. The monoisotopic (exact) mass is 287 g/mol. The molecule has 2 aliphatic rings. The number of thiophene rings is 1. The van der Waals surface area contributed by atoms with Gasteiger partial charge in [0.25, 0.3) is 10.0 Å². The number of hydrogen-bond donors (Lipinski definition) is 1. The molecule has 100 valence electrons. The Balaban J connectivity index is 1.80. The Kier molecular flexibility index (Phi) is 2.65. The van der Waals surface area contributed by atoms with Gasteiger partial charge < -0.3 is 5.11 Å². The zero-order valence-corrected chi connectivity index (χ0v) is 12.1. The van der Waals surface area contributed by atoms with Crippen LogP contribution < -0.4 is 0 Å². The van der Waals surface area contributed by atoms with Crippen LogP contribution in [0.15, 0.2) is 10.3 Å². The summed E-state index contributed by atoms with van der Waals surface area (Å²) in [5, 5.41) is 10.2. The maximum atomic E-state index is 12.3. The molecular formula is C12H17NO3S2. The lowest BCUT2D eigenvalue weighted by atomic mass is 9.91. The van der Waals surface area contributed by atoms with Crippen molar-refractivity contribution in [3.8, 4) is 0 Å². The summed E-state index contributed by atoms with van der Waals surface area (Å²) in [5.41, 5.74) is 0.255. The average molecular weight is 287 g/mol. The largest absolute Gasteiger partial charge is 0.387 e. The van der Waals surface area contributed by atoms with Crippen LogP contribution >= 0.6 is 11.3 Å². The highest BCUT2D eigenvalue weighted by molar-refractivity contribution is 7.91. The Labute approximate surface area is 111 Å². The third kappa shape index (κ3) is 1.82. The van der Waals surface area contributed by atoms with Gasteiger partial charge in [-0.3, -0.25) is 0 Å². The lowest BCUT2D eigenvalue weighted by Crippen LogP contribution is -2.64. The SMILES string of the molecule is Cc1cc(S(=O)(=O)N2CC(O)(C3CC3)C2)sc1C. The quantitative estimate of drug-likeness (QED) is 0.917. The van der Waals surface area contributed by atoms with E-state index < -0.39 is 15.6 Å². The minimum absolute atomic E-state index is 0.260. The summed E-state index contributed by atoms with van der Waals surface area (Å²) in [5.74, 6) is 0.316. The van der Waals surface area contributed by atoms with Gasteiger partial charge in [0.1, 0.15) is 4.21 Å². The van der Waals surface area contributed by atoms with Gasteiger partial charge in [-0.05, 0) is 44.2 Å². The first kappa shape index (κ1) is 12.6. The first-order chi connectivity index (χ1) is 8.33. The van der Waals surface area contributed by atoms with Gasteiger partial charge in [-0.25, -0.2) is 8.42 Å². The Hall–Kier alpha value is -0.430. The molecule has 0 unspecified atom stereocenters. The Morgan fingerprint density at radius 2 is 2.00 bits per heavy atom. The van der Waals surface area contributed by atoms with Crippen molar-refractivity contribution in [1.29, 1.82) is 0 Å². The molecule has 0 radical (unpaired) electrons. The number of aliphatic hydroxyl groups is 1. The van der Waals surface area contributed by atoms with Gasteiger partial charge >= 0.3 is 0 Å². The van der Waals surface area contributed by atoms with Crippen molar-refractivity contribution in [2.45, 2.75) is 36.5 Å². The molecule has 3 rings (SSSR count). The van der Waals surface area contributed by atoms with Crippen LogP contribution in [0.4, 0.5) is 0 Å². The van der Waals surface area contributed by atoms with Crippen molar-refractivity contribution in [2.24, 2.45) is 5.92 Å². The van der Waals surface area contributed by atoms with E-state index in [2.05, 4.69) is 0 Å². The van der Waals surface area contributed by atoms with Crippen molar-refractivity contribution in [1.82, 2.24) is 4.31 Å². The van der Waals surface area contributed by atoms with Crippen LogP contribution in [0, 0.1) is 19.8 Å². The van der Waals surface area contributed by atoms with Gasteiger partial charge in [-0.1, -0.05) is 0 Å². The van der Waals surface area contributed by atoms with E-state index in [1.54, 1.807) is 6.07 Å². The fourth-order valence-electron chi connectivity index (χ4n) is 2.41. The normalized spacial score (nSPS) is 23.9. The number of aryl methyl sites for hydroxylation is 2. The molecule has 4 nitrogen and oxygen atoms in total. The molecule has 1 aliphatic heterocycles. The lowest BCUT2D eigenvalue weighted by molar-refractivity contribution is -0.0764. The molecule has 1 aromatic heterocycles. The fraction of sp³-hybridized carbons (Fsp3) is 0.667. The second-order valence-electron chi connectivity index (χ2n) is 5.46. The molecule has 1 aromatic rings. The van der Waals surface area contributed by atoms with Crippen LogP contribution in [0.2, 0.25) is 0 Å². The van der Waals surface area contributed by atoms with E-state index in [0.29, 0.717) is 10.1 Å². The van der Waals surface area contributed by atoms with Crippen molar-refractivity contribution in [3.63, 3.8) is 0 Å². The molecule has 18 heavy (non-hydrogen) atoms. The van der Waals surface area contributed by atoms with E-state index in [-0.39, 0.29) is 13.1 Å². The third-order valence-electron chi connectivity index (χ3n) is 3.98. The molecular weight excluding hydrogens is 270 g/mol. The molecule has 0 aromatic carbocycles. The van der Waals surface area contributed by atoms with Gasteiger partial charge in [-0.15, -0.1) is 11.3 Å². The summed E-state index contributed by atoms with van der Waals surface area (Å²) in [6.07, 6.45) is 2.06. The first-order valence-corrected chi connectivity index (χ1v) is 8.38. The molecule has 1 saturated heterocycles. The van der Waals surface area contributed by atoms with Crippen LogP contribution in [0.3, 0.4) is 0 Å². The highest BCUT2D eigenvalue weighted by Crippen LogP contribution is 2.46. The summed E-state index contributed by atoms with van der Waals surface area (Å²) in [6.45, 7) is 4.36. The molecule has 2 fully saturated rings. The molecule has 1 aliphatic carbocycles. The Morgan fingerprint density at radius 3 is 2.44 bits per heavy atom. The van der Waals surface area contributed by atoms with Crippen LogP contribution in [-0.4, -0.2) is 36.5 Å². The van der Waals surface area contributed by atoms with E-state index in [0.717, 1.165) is 23.3 Å². The van der Waals surface area contributed by atoms with Gasteiger partial charge in [0.15, 0.2) is 0 Å². The maximum Gasteiger partial charge on any atom is 0.252 e. The van der Waals surface area contributed by atoms with Gasteiger partial charge in [-0.2, -0.15) is 4.31 Å². The maximum absolute atomic E-state index is 12.3. The van der Waals surface area contributed by atoms with Crippen molar-refractivity contribution in [2.75, 3.05) is 13.1 Å². The van der Waals surface area contributed by atoms with E-state index in [1.165, 1.54) is 15.6 Å². The Bertz CT molecular complexity index is 561. The minimum Gasteiger partial charge on any atom is -0.387 e. The first-order valence-electron chi connectivity index (χ1n) is 6.12. The summed E-state index contributed by atoms with van der Waals surface area (Å²) in [4.78, 5) is 1.03. The second-order valence-corrected chi connectivity index (χ2v) is 8.88. The number of β-amino-alcohol motifs (C(OH)–C–C–N with tert-alkyl or cyclic N) is 1. The molecule has 1 N–H and O–H groups in total. The number of rotatable bonds is 3. The number of sulfonamides is 1. The van der Waals surface area contributed by atoms with Gasteiger partial charge in [0.2, 0.25) is 0 Å². The summed E-state index contributed by atoms with van der Waals surface area (Å²) in [7, 11) is -3.39. The summed E-state index contributed by atoms with van der Waals surface area (Å²) in [6, 6.07) is 1.73. The summed E-state index contributed by atoms with van der Waals surface area (Å²) < 4.78 is 26.5. The number of hydrogen-bond acceptors (Lipinski definition) is 4. The predicted molar refractivity (Wildman–Crippen MR) is 70.2 cm³/mol. The second kappa shape index (κ2) is 3.79. The van der Waals surface area contributed by atoms with E-state index in [9.17, 15) is 13.5 Å². The van der Waals surface area contributed by atoms with Crippen LogP contribution in [0.5, 0.6) is 0 Å². The molecule has 1 saturated carbocycles. The summed E-state index contributed by atoms with van der Waals surface area (Å²) >= 11 is 1.31. The van der Waals surface area contributed by atoms with Gasteiger partial charge in [0.05, 0.1) is 5.60 Å². The van der Waals surface area contributed by atoms with Crippen molar-refractivity contribution in [3.05, 3.63) is 16.5 Å². The average Bonchev–Trinajstić information content (AvgIpc) is 3.02. The Morgan fingerprint density at radius 1 is 1.39 bits per heavy atom. The van der Waals surface area contributed by atoms with Crippen molar-refractivity contribution >= 4 is 21.4 Å². The standard InChI is InChI=1S/C12H17NO3S2/c1-8-5-11(17-9(8)2)18(15,16)13-6-12(14,7-13)10-3-4-10/h5,10,14H,3-4,6-7H2,1-2H3. The highest BCUT2D eigenvalue weighted by atomic mass is 32.2. The van der Waals surface area contributed by atoms with E-state index in [4.69, 9.17) is 0 Å². The predicted octanol–water partition coefficient (Wildman–Crippen LogP) is 1.51. The van der Waals surface area contributed by atoms with Gasteiger partial charge in [0, 0.05) is 18.0 Å². The number of nitrogens with zero attached hydrogens (tertiary/aromatic N) is 1. The molecule has 0 atom stereocenters. The molecule has 0 bridgehead atoms. The zero-order chi connectivity index (χ0) is 13.1. The smallest absolute Gasteiger partial charge is 0.252 e.